The van der Waals surface area contributed by atoms with E-state index >= 15 is 0 Å². The zero-order chi connectivity index (χ0) is 19.8. The molecule has 0 radical (unpaired) electrons. The van der Waals surface area contributed by atoms with Gasteiger partial charge in [-0.2, -0.15) is 4.52 Å². The maximum Gasteiger partial charge on any atom is 0.230 e. The van der Waals surface area contributed by atoms with E-state index in [-0.39, 0.29) is 11.9 Å². The van der Waals surface area contributed by atoms with E-state index in [0.29, 0.717) is 5.92 Å². The number of thiazole rings is 1. The van der Waals surface area contributed by atoms with E-state index in [2.05, 4.69) is 65.0 Å². The van der Waals surface area contributed by atoms with Crippen LogP contribution < -0.4 is 0 Å². The Morgan fingerprint density at radius 2 is 1.71 bits per heavy atom. The van der Waals surface area contributed by atoms with Gasteiger partial charge in [-0.15, -0.1) is 5.10 Å². The van der Waals surface area contributed by atoms with E-state index in [1.165, 1.54) is 11.1 Å². The summed E-state index contributed by atoms with van der Waals surface area (Å²) in [5.41, 5.74) is 2.55. The van der Waals surface area contributed by atoms with Gasteiger partial charge >= 0.3 is 0 Å². The maximum absolute atomic E-state index is 11.0. The number of piperazine rings is 1. The van der Waals surface area contributed by atoms with Crippen molar-refractivity contribution < 1.29 is 5.11 Å². The molecule has 1 aliphatic heterocycles. The molecule has 1 aliphatic rings. The molecule has 1 saturated heterocycles. The molecular formula is C21H29N5OS. The molecule has 0 bridgehead atoms. The molecule has 0 unspecified atom stereocenters. The molecule has 1 N–H and O–H groups in total. The lowest BCUT2D eigenvalue weighted by Crippen LogP contribution is -2.46. The van der Waals surface area contributed by atoms with E-state index in [1.807, 2.05) is 6.92 Å². The second kappa shape index (κ2) is 7.81. The van der Waals surface area contributed by atoms with Gasteiger partial charge in [0.2, 0.25) is 10.8 Å². The molecule has 7 heteroatoms. The smallest absolute Gasteiger partial charge is 0.230 e. The summed E-state index contributed by atoms with van der Waals surface area (Å²) in [5.74, 6) is 1.50. The zero-order valence-corrected chi connectivity index (χ0v) is 17.9. The molecule has 1 aromatic carbocycles. The minimum absolute atomic E-state index is 0.0217. The fourth-order valence-electron chi connectivity index (χ4n) is 3.79. The van der Waals surface area contributed by atoms with Gasteiger partial charge in [0.15, 0.2) is 5.82 Å². The van der Waals surface area contributed by atoms with Gasteiger partial charge in [0.05, 0.1) is 10.9 Å². The van der Waals surface area contributed by atoms with Crippen LogP contribution in [0.15, 0.2) is 24.3 Å². The first-order chi connectivity index (χ1) is 13.5. The molecule has 4 rings (SSSR count). The Morgan fingerprint density at radius 3 is 2.29 bits per heavy atom. The highest BCUT2D eigenvalue weighted by Crippen LogP contribution is 2.40. The van der Waals surface area contributed by atoms with Crippen molar-refractivity contribution in [1.82, 2.24) is 24.4 Å². The minimum Gasteiger partial charge on any atom is -0.492 e. The van der Waals surface area contributed by atoms with Gasteiger partial charge in [0.1, 0.15) is 0 Å². The third-order valence-electron chi connectivity index (χ3n) is 5.63. The number of rotatable bonds is 5. The number of aromatic hydroxyl groups is 1. The molecule has 2 aromatic heterocycles. The summed E-state index contributed by atoms with van der Waals surface area (Å²) >= 11 is 1.55. The summed E-state index contributed by atoms with van der Waals surface area (Å²) in [6.45, 7) is 10.5. The van der Waals surface area contributed by atoms with Crippen molar-refractivity contribution in [3.8, 4) is 5.88 Å². The molecule has 1 fully saturated rings. The van der Waals surface area contributed by atoms with Crippen LogP contribution in [0.25, 0.3) is 4.96 Å². The van der Waals surface area contributed by atoms with Crippen molar-refractivity contribution in [1.29, 1.82) is 0 Å². The zero-order valence-electron chi connectivity index (χ0n) is 17.1. The van der Waals surface area contributed by atoms with Crippen molar-refractivity contribution in [2.45, 2.75) is 39.2 Å². The van der Waals surface area contributed by atoms with Gasteiger partial charge in [-0.1, -0.05) is 56.4 Å². The van der Waals surface area contributed by atoms with Gasteiger partial charge in [0.25, 0.3) is 0 Å². The van der Waals surface area contributed by atoms with E-state index in [9.17, 15) is 5.11 Å². The lowest BCUT2D eigenvalue weighted by atomic mass is 9.97. The highest BCUT2D eigenvalue weighted by molar-refractivity contribution is 7.17. The van der Waals surface area contributed by atoms with Crippen molar-refractivity contribution in [3.05, 3.63) is 46.1 Å². The van der Waals surface area contributed by atoms with Crippen LogP contribution >= 0.6 is 11.3 Å². The molecule has 0 aliphatic carbocycles. The number of aryl methyl sites for hydroxylation is 1. The molecule has 150 valence electrons. The summed E-state index contributed by atoms with van der Waals surface area (Å²) in [6, 6.07) is 8.88. The predicted octanol–water partition coefficient (Wildman–Crippen LogP) is 3.52. The summed E-state index contributed by atoms with van der Waals surface area (Å²) in [6.07, 6.45) is 0.766. The fourth-order valence-corrected chi connectivity index (χ4v) is 4.93. The number of nitrogens with zero attached hydrogens (tertiary/aromatic N) is 5. The molecule has 0 amide bonds. The predicted molar refractivity (Wildman–Crippen MR) is 113 cm³/mol. The second-order valence-corrected chi connectivity index (χ2v) is 8.94. The molecule has 1 atom stereocenters. The number of benzene rings is 1. The Morgan fingerprint density at radius 1 is 1.07 bits per heavy atom. The highest BCUT2D eigenvalue weighted by atomic mass is 32.1. The molecule has 3 aromatic rings. The van der Waals surface area contributed by atoms with Crippen LogP contribution in [0.2, 0.25) is 0 Å². The first-order valence-corrected chi connectivity index (χ1v) is 10.9. The van der Waals surface area contributed by atoms with Gasteiger partial charge in [-0.05, 0) is 24.1 Å². The normalized spacial score (nSPS) is 17.6. The van der Waals surface area contributed by atoms with E-state index < -0.39 is 0 Å². The summed E-state index contributed by atoms with van der Waals surface area (Å²) < 4.78 is 1.60. The standard InChI is InChI=1S/C21H29N5OS/c1-5-17-22-21-26(23-17)20(27)19(28-21)18(25-12-10-24(4)11-13-25)16-8-6-15(7-9-16)14(2)3/h6-9,14,18,27H,5,10-13H2,1-4H3/t18-/m0/s1. The SMILES string of the molecule is CCc1nc2sc([C@H](c3ccc(C(C)C)cc3)N3CCN(C)CC3)c(O)n2n1. The second-order valence-electron chi connectivity index (χ2n) is 7.93. The van der Waals surface area contributed by atoms with Gasteiger partial charge in [0, 0.05) is 32.6 Å². The Balaban J connectivity index is 1.76. The van der Waals surface area contributed by atoms with Crippen molar-refractivity contribution >= 4 is 16.3 Å². The third kappa shape index (κ3) is 3.54. The van der Waals surface area contributed by atoms with Crippen molar-refractivity contribution in [2.24, 2.45) is 0 Å². The number of likely N-dealkylation sites (N-methyl/N-ethyl adjacent to an activating group) is 1. The van der Waals surface area contributed by atoms with Crippen LogP contribution in [0.3, 0.4) is 0 Å². The Bertz CT molecular complexity index is 938. The van der Waals surface area contributed by atoms with Gasteiger partial charge in [-0.3, -0.25) is 4.90 Å². The Kier molecular flexibility index (Phi) is 5.40. The largest absolute Gasteiger partial charge is 0.492 e. The van der Waals surface area contributed by atoms with Crippen LogP contribution in [0.1, 0.15) is 54.6 Å². The molecule has 3 heterocycles. The lowest BCUT2D eigenvalue weighted by molar-refractivity contribution is 0.127. The monoisotopic (exact) mass is 399 g/mol. The average molecular weight is 400 g/mol. The third-order valence-corrected chi connectivity index (χ3v) is 6.70. The Labute approximate surface area is 170 Å². The first-order valence-electron chi connectivity index (χ1n) is 10.1. The molecule has 0 spiro atoms. The Hall–Kier alpha value is -1.96. The number of aromatic nitrogens is 3. The summed E-state index contributed by atoms with van der Waals surface area (Å²) in [5, 5.41) is 15.5. The topological polar surface area (TPSA) is 56.9 Å². The molecule has 0 saturated carbocycles. The molecule has 6 nitrogen and oxygen atoms in total. The average Bonchev–Trinajstić information content (AvgIpc) is 3.23. The van der Waals surface area contributed by atoms with Crippen LogP contribution in [-0.2, 0) is 6.42 Å². The lowest BCUT2D eigenvalue weighted by Gasteiger charge is -2.37. The summed E-state index contributed by atoms with van der Waals surface area (Å²) in [4.78, 5) is 11.1. The summed E-state index contributed by atoms with van der Waals surface area (Å²) in [7, 11) is 2.16. The number of fused-ring (bicyclic) bond motifs is 1. The maximum atomic E-state index is 11.0. The molecular weight excluding hydrogens is 370 g/mol. The van der Waals surface area contributed by atoms with Crippen molar-refractivity contribution in [2.75, 3.05) is 33.2 Å². The van der Waals surface area contributed by atoms with E-state index in [0.717, 1.165) is 48.3 Å². The van der Waals surface area contributed by atoms with Crippen LogP contribution in [0.5, 0.6) is 5.88 Å². The number of hydrogen-bond acceptors (Lipinski definition) is 6. The van der Waals surface area contributed by atoms with Crippen LogP contribution in [0, 0.1) is 0 Å². The first kappa shape index (κ1) is 19.4. The van der Waals surface area contributed by atoms with E-state index in [1.54, 1.807) is 15.9 Å². The van der Waals surface area contributed by atoms with Crippen LogP contribution in [-0.4, -0.2) is 62.7 Å². The number of hydrogen-bond donors (Lipinski definition) is 1. The van der Waals surface area contributed by atoms with Crippen molar-refractivity contribution in [3.63, 3.8) is 0 Å². The highest BCUT2D eigenvalue weighted by Gasteiger charge is 2.31. The molecule has 28 heavy (non-hydrogen) atoms. The minimum atomic E-state index is 0.0217. The van der Waals surface area contributed by atoms with Crippen LogP contribution in [0.4, 0.5) is 0 Å². The van der Waals surface area contributed by atoms with E-state index in [4.69, 9.17) is 0 Å². The van der Waals surface area contributed by atoms with Gasteiger partial charge < -0.3 is 10.0 Å². The fraction of sp³-hybridized carbons (Fsp3) is 0.524. The van der Waals surface area contributed by atoms with Gasteiger partial charge in [-0.25, -0.2) is 4.98 Å². The quantitative estimate of drug-likeness (QED) is 0.711.